The zero-order chi connectivity index (χ0) is 8.97. The Bertz CT molecular complexity index is 304. The summed E-state index contributed by atoms with van der Waals surface area (Å²) in [6.45, 7) is 4.15. The quantitative estimate of drug-likeness (QED) is 0.498. The zero-order valence-electron chi connectivity index (χ0n) is 7.20. The maximum Gasteiger partial charge on any atom is 0.150 e. The van der Waals surface area contributed by atoms with Gasteiger partial charge in [-0.05, 0) is 5.92 Å². The summed E-state index contributed by atoms with van der Waals surface area (Å²) >= 11 is 0. The smallest absolute Gasteiger partial charge is 0.150 e. The van der Waals surface area contributed by atoms with E-state index in [1.807, 2.05) is 6.20 Å². The molecular formula is C8H12N4. The van der Waals surface area contributed by atoms with Crippen LogP contribution < -0.4 is 5.49 Å². The highest BCUT2D eigenvalue weighted by Gasteiger charge is 1.97. The van der Waals surface area contributed by atoms with Crippen molar-refractivity contribution in [3.63, 3.8) is 0 Å². The fourth-order valence-corrected chi connectivity index (χ4v) is 0.814. The Morgan fingerprint density at radius 3 is 2.83 bits per heavy atom. The summed E-state index contributed by atoms with van der Waals surface area (Å²) < 4.78 is 0. The standard InChI is InChI=1S/C8H12N4/c1-6(2)7-3-11-8(4-10-7)12-5-9/h3-6H,1-2H3,(H2,9,11,12). The average molecular weight is 164 g/mol. The molecule has 1 rings (SSSR count). The highest BCUT2D eigenvalue weighted by Crippen LogP contribution is 2.06. The van der Waals surface area contributed by atoms with Crippen LogP contribution in [0.2, 0.25) is 0 Å². The summed E-state index contributed by atoms with van der Waals surface area (Å²) in [6.07, 6.45) is 4.43. The highest BCUT2D eigenvalue weighted by atomic mass is 14.9. The third-order valence-electron chi connectivity index (χ3n) is 1.50. The van der Waals surface area contributed by atoms with Crippen LogP contribution in [-0.4, -0.2) is 16.3 Å². The first-order chi connectivity index (χ1) is 5.74. The molecule has 0 radical (unpaired) electrons. The van der Waals surface area contributed by atoms with Crippen molar-refractivity contribution >= 4 is 6.34 Å². The molecule has 0 atom stereocenters. The van der Waals surface area contributed by atoms with Crippen molar-refractivity contribution in [3.05, 3.63) is 23.6 Å². The van der Waals surface area contributed by atoms with Crippen molar-refractivity contribution in [3.8, 4) is 0 Å². The van der Waals surface area contributed by atoms with Gasteiger partial charge in [-0.1, -0.05) is 13.8 Å². The van der Waals surface area contributed by atoms with Crippen LogP contribution in [0, 0.1) is 5.41 Å². The number of H-pyrrole nitrogens is 1. The van der Waals surface area contributed by atoms with Crippen LogP contribution in [-0.2, 0) is 0 Å². The average Bonchev–Trinajstić information content (AvgIpc) is 2.06. The lowest BCUT2D eigenvalue weighted by molar-refractivity contribution is 0.805. The topological polar surface area (TPSA) is 64.9 Å². The maximum absolute atomic E-state index is 6.74. The Hall–Kier alpha value is -1.45. The van der Waals surface area contributed by atoms with Gasteiger partial charge in [-0.2, -0.15) is 0 Å². The van der Waals surface area contributed by atoms with Gasteiger partial charge in [-0.15, -0.1) is 0 Å². The van der Waals surface area contributed by atoms with Crippen LogP contribution in [0.1, 0.15) is 25.5 Å². The summed E-state index contributed by atoms with van der Waals surface area (Å²) in [5, 5.41) is 6.74. The predicted octanol–water partition coefficient (Wildman–Crippen LogP) is 1.04. The summed E-state index contributed by atoms with van der Waals surface area (Å²) in [5.41, 5.74) is 1.60. The van der Waals surface area contributed by atoms with Gasteiger partial charge in [-0.25, -0.2) is 4.99 Å². The summed E-state index contributed by atoms with van der Waals surface area (Å²) in [5.74, 6) is 0.412. The molecule has 1 aromatic heterocycles. The van der Waals surface area contributed by atoms with E-state index in [1.165, 1.54) is 0 Å². The molecule has 0 fully saturated rings. The van der Waals surface area contributed by atoms with Crippen LogP contribution in [0.4, 0.5) is 0 Å². The zero-order valence-corrected chi connectivity index (χ0v) is 7.20. The molecule has 64 valence electrons. The number of hydrogen-bond acceptors (Lipinski definition) is 2. The molecule has 0 saturated heterocycles. The fourth-order valence-electron chi connectivity index (χ4n) is 0.814. The second-order valence-corrected chi connectivity index (χ2v) is 2.77. The number of aromatic amines is 1. The first-order valence-corrected chi connectivity index (χ1v) is 3.81. The van der Waals surface area contributed by atoms with Gasteiger partial charge in [0.15, 0.2) is 0 Å². The van der Waals surface area contributed by atoms with Crippen LogP contribution in [0.25, 0.3) is 0 Å². The molecule has 0 bridgehead atoms. The maximum atomic E-state index is 6.74. The third kappa shape index (κ3) is 2.02. The van der Waals surface area contributed by atoms with Crippen LogP contribution in [0.5, 0.6) is 0 Å². The molecule has 1 heterocycles. The molecule has 12 heavy (non-hydrogen) atoms. The highest BCUT2D eigenvalue weighted by molar-refractivity contribution is 5.50. The van der Waals surface area contributed by atoms with Crippen LogP contribution >= 0.6 is 0 Å². The first kappa shape index (κ1) is 8.64. The molecule has 0 saturated carbocycles. The molecule has 0 aromatic carbocycles. The molecule has 0 unspecified atom stereocenters. The summed E-state index contributed by atoms with van der Waals surface area (Å²) in [6, 6.07) is 0. The van der Waals surface area contributed by atoms with E-state index in [0.29, 0.717) is 11.4 Å². The van der Waals surface area contributed by atoms with Crippen molar-refractivity contribution in [2.45, 2.75) is 19.8 Å². The molecule has 0 aliphatic rings. The van der Waals surface area contributed by atoms with Crippen LogP contribution in [0.15, 0.2) is 17.4 Å². The van der Waals surface area contributed by atoms with E-state index >= 15 is 0 Å². The van der Waals surface area contributed by atoms with Crippen molar-refractivity contribution < 1.29 is 0 Å². The number of nitrogens with one attached hydrogen (secondary N) is 2. The first-order valence-electron chi connectivity index (χ1n) is 3.81. The fraction of sp³-hybridized carbons (Fsp3) is 0.375. The van der Waals surface area contributed by atoms with Crippen molar-refractivity contribution in [1.82, 2.24) is 9.97 Å². The van der Waals surface area contributed by atoms with Gasteiger partial charge in [0.2, 0.25) is 0 Å². The Labute approximate surface area is 70.9 Å². The van der Waals surface area contributed by atoms with E-state index in [9.17, 15) is 0 Å². The minimum atomic E-state index is 0.412. The minimum Gasteiger partial charge on any atom is -0.343 e. The third-order valence-corrected chi connectivity index (χ3v) is 1.50. The van der Waals surface area contributed by atoms with Gasteiger partial charge in [0.05, 0.1) is 11.9 Å². The Balaban J connectivity index is 3.00. The summed E-state index contributed by atoms with van der Waals surface area (Å²) in [7, 11) is 0. The van der Waals surface area contributed by atoms with Gasteiger partial charge >= 0.3 is 0 Å². The molecule has 4 heteroatoms. The van der Waals surface area contributed by atoms with E-state index in [2.05, 4.69) is 28.8 Å². The lowest BCUT2D eigenvalue weighted by Crippen LogP contribution is -2.09. The van der Waals surface area contributed by atoms with E-state index in [4.69, 9.17) is 5.41 Å². The second kappa shape index (κ2) is 3.80. The van der Waals surface area contributed by atoms with E-state index in [1.54, 1.807) is 6.20 Å². The SMILES string of the molecule is CC(C)c1c[nH]/c(=N\C=N)cn1. The van der Waals surface area contributed by atoms with E-state index in [-0.39, 0.29) is 0 Å². The van der Waals surface area contributed by atoms with Crippen molar-refractivity contribution in [2.75, 3.05) is 0 Å². The minimum absolute atomic E-state index is 0.412. The molecule has 1 aromatic rings. The molecular weight excluding hydrogens is 152 g/mol. The molecule has 0 amide bonds. The van der Waals surface area contributed by atoms with Gasteiger partial charge in [0.25, 0.3) is 0 Å². The molecule has 2 N–H and O–H groups in total. The number of nitrogens with zero attached hydrogens (tertiary/aromatic N) is 2. The number of rotatable bonds is 2. The lowest BCUT2D eigenvalue weighted by Gasteiger charge is -2.01. The molecule has 0 aliphatic carbocycles. The Morgan fingerprint density at radius 2 is 2.42 bits per heavy atom. The van der Waals surface area contributed by atoms with Gasteiger partial charge < -0.3 is 4.98 Å². The number of hydrogen-bond donors (Lipinski definition) is 2. The second-order valence-electron chi connectivity index (χ2n) is 2.77. The normalized spacial score (nSPS) is 12.1. The Morgan fingerprint density at radius 1 is 1.67 bits per heavy atom. The summed E-state index contributed by atoms with van der Waals surface area (Å²) in [4.78, 5) is 10.8. The lowest BCUT2D eigenvalue weighted by atomic mass is 10.1. The van der Waals surface area contributed by atoms with Crippen molar-refractivity contribution in [1.29, 1.82) is 5.41 Å². The molecule has 0 spiro atoms. The van der Waals surface area contributed by atoms with Gasteiger partial charge in [0, 0.05) is 6.20 Å². The van der Waals surface area contributed by atoms with Crippen molar-refractivity contribution in [2.24, 2.45) is 4.99 Å². The van der Waals surface area contributed by atoms with Gasteiger partial charge in [0.1, 0.15) is 11.8 Å². The van der Waals surface area contributed by atoms with Crippen LogP contribution in [0.3, 0.4) is 0 Å². The molecule has 4 nitrogen and oxygen atoms in total. The predicted molar refractivity (Wildman–Crippen MR) is 47.0 cm³/mol. The molecule has 0 aliphatic heterocycles. The Kier molecular flexibility index (Phi) is 2.74. The van der Waals surface area contributed by atoms with E-state index < -0.39 is 0 Å². The largest absolute Gasteiger partial charge is 0.343 e. The monoisotopic (exact) mass is 164 g/mol. The van der Waals surface area contributed by atoms with E-state index in [0.717, 1.165) is 12.0 Å². The van der Waals surface area contributed by atoms with Gasteiger partial charge in [-0.3, -0.25) is 10.4 Å². The number of aromatic nitrogens is 2.